The molecule has 8 heteroatoms. The summed E-state index contributed by atoms with van der Waals surface area (Å²) >= 11 is 3.56. The molecule has 0 radical (unpaired) electrons. The van der Waals surface area contributed by atoms with Gasteiger partial charge in [0, 0.05) is 19.1 Å². The topological polar surface area (TPSA) is 82.3 Å². The average Bonchev–Trinajstić information content (AvgIpc) is 2.95. The Morgan fingerprint density at radius 1 is 1.16 bits per heavy atom. The smallest absolute Gasteiger partial charge is 0.239 e. The van der Waals surface area contributed by atoms with Crippen LogP contribution in [0.1, 0.15) is 19.4 Å². The van der Waals surface area contributed by atoms with Gasteiger partial charge in [-0.15, -0.1) is 0 Å². The van der Waals surface area contributed by atoms with Gasteiger partial charge in [-0.05, 0) is 23.6 Å². The summed E-state index contributed by atoms with van der Waals surface area (Å²) in [6, 6.07) is 5.63. The lowest BCUT2D eigenvalue weighted by molar-refractivity contribution is -0.123. The first-order valence-electron chi connectivity index (χ1n) is 8.32. The van der Waals surface area contributed by atoms with E-state index in [0.717, 1.165) is 5.56 Å². The third kappa shape index (κ3) is 5.76. The van der Waals surface area contributed by atoms with Crippen molar-refractivity contribution >= 4 is 27.7 Å². The van der Waals surface area contributed by atoms with Gasteiger partial charge in [-0.3, -0.25) is 15.0 Å². The Bertz CT molecular complexity index is 597. The van der Waals surface area contributed by atoms with Crippen LogP contribution in [0.2, 0.25) is 0 Å². The van der Waals surface area contributed by atoms with Gasteiger partial charge in [0.2, 0.25) is 11.8 Å². The van der Waals surface area contributed by atoms with Crippen LogP contribution in [0.5, 0.6) is 0 Å². The lowest BCUT2D eigenvalue weighted by Crippen LogP contribution is -2.47. The Kier molecular flexibility index (Phi) is 7.34. The second-order valence-corrected chi connectivity index (χ2v) is 7.48. The van der Waals surface area contributed by atoms with Crippen molar-refractivity contribution in [3.8, 4) is 0 Å². The van der Waals surface area contributed by atoms with Crippen molar-refractivity contribution in [2.24, 2.45) is 5.92 Å². The number of rotatable bonds is 7. The van der Waals surface area contributed by atoms with Crippen LogP contribution in [-0.4, -0.2) is 41.8 Å². The first-order valence-corrected chi connectivity index (χ1v) is 9.24. The van der Waals surface area contributed by atoms with E-state index in [1.54, 1.807) is 12.1 Å². The number of nitrogens with one attached hydrogen (secondary N) is 4. The van der Waals surface area contributed by atoms with Crippen molar-refractivity contribution in [1.29, 1.82) is 0 Å². The van der Waals surface area contributed by atoms with Gasteiger partial charge in [-0.25, -0.2) is 9.82 Å². The molecule has 25 heavy (non-hydrogen) atoms. The van der Waals surface area contributed by atoms with E-state index in [1.165, 1.54) is 12.1 Å². The van der Waals surface area contributed by atoms with Gasteiger partial charge in [-0.1, -0.05) is 41.9 Å². The highest BCUT2D eigenvalue weighted by Crippen LogP contribution is 2.21. The third-order valence-electron chi connectivity index (χ3n) is 4.09. The van der Waals surface area contributed by atoms with Crippen LogP contribution in [-0.2, 0) is 16.0 Å². The van der Waals surface area contributed by atoms with E-state index in [2.05, 4.69) is 51.3 Å². The van der Waals surface area contributed by atoms with Crippen LogP contribution >= 0.6 is 15.9 Å². The fourth-order valence-corrected chi connectivity index (χ4v) is 3.76. The van der Waals surface area contributed by atoms with Gasteiger partial charge in [-0.2, -0.15) is 0 Å². The molecule has 1 fully saturated rings. The van der Waals surface area contributed by atoms with Crippen LogP contribution in [0.4, 0.5) is 4.39 Å². The van der Waals surface area contributed by atoms with E-state index in [0.29, 0.717) is 19.0 Å². The number of carbonyl (C=O) groups is 2. The van der Waals surface area contributed by atoms with E-state index in [9.17, 15) is 14.0 Å². The maximum atomic E-state index is 12.8. The standard InChI is InChI=1S/C17H24BrFN4O2/c1-10(2)15-14(18)16(23-22-15)17(25)21-8-7-20-13(24)9-11-3-5-12(19)6-4-11/h3-6,10,14-16,22-23H,7-9H2,1-2H3,(H,20,24)(H,21,25). The fourth-order valence-electron chi connectivity index (χ4n) is 2.64. The molecular weight excluding hydrogens is 391 g/mol. The van der Waals surface area contributed by atoms with Crippen molar-refractivity contribution in [2.45, 2.75) is 37.2 Å². The number of amides is 2. The van der Waals surface area contributed by atoms with E-state index in [1.807, 2.05) is 0 Å². The van der Waals surface area contributed by atoms with Crippen LogP contribution in [0.3, 0.4) is 0 Å². The zero-order valence-electron chi connectivity index (χ0n) is 14.3. The monoisotopic (exact) mass is 414 g/mol. The van der Waals surface area contributed by atoms with Crippen LogP contribution in [0, 0.1) is 11.7 Å². The number of carbonyl (C=O) groups excluding carboxylic acids is 2. The summed E-state index contributed by atoms with van der Waals surface area (Å²) in [5.74, 6) is -0.225. The maximum Gasteiger partial charge on any atom is 0.239 e. The van der Waals surface area contributed by atoms with Crippen molar-refractivity contribution in [2.75, 3.05) is 13.1 Å². The average molecular weight is 415 g/mol. The normalized spacial score (nSPS) is 22.8. The maximum absolute atomic E-state index is 12.8. The lowest BCUT2D eigenvalue weighted by atomic mass is 9.99. The van der Waals surface area contributed by atoms with E-state index < -0.39 is 0 Å². The Morgan fingerprint density at radius 3 is 2.40 bits per heavy atom. The van der Waals surface area contributed by atoms with Crippen LogP contribution < -0.4 is 21.5 Å². The zero-order valence-corrected chi connectivity index (χ0v) is 15.9. The van der Waals surface area contributed by atoms with Gasteiger partial charge in [0.05, 0.1) is 11.2 Å². The fraction of sp³-hybridized carbons (Fsp3) is 0.529. The Balaban J connectivity index is 1.66. The minimum Gasteiger partial charge on any atom is -0.354 e. The molecule has 1 saturated heterocycles. The molecule has 0 bridgehead atoms. The van der Waals surface area contributed by atoms with E-state index in [4.69, 9.17) is 0 Å². The van der Waals surface area contributed by atoms with Gasteiger partial charge in [0.1, 0.15) is 11.9 Å². The molecule has 0 aromatic heterocycles. The number of benzene rings is 1. The van der Waals surface area contributed by atoms with E-state index >= 15 is 0 Å². The quantitative estimate of drug-likeness (QED) is 0.394. The molecule has 1 aromatic rings. The molecule has 6 nitrogen and oxygen atoms in total. The molecule has 0 aliphatic carbocycles. The highest BCUT2D eigenvalue weighted by atomic mass is 79.9. The number of halogens is 2. The lowest BCUT2D eigenvalue weighted by Gasteiger charge is -2.19. The highest BCUT2D eigenvalue weighted by molar-refractivity contribution is 9.09. The summed E-state index contributed by atoms with van der Waals surface area (Å²) in [4.78, 5) is 24.0. The Labute approximate surface area is 155 Å². The molecule has 1 aliphatic heterocycles. The molecular formula is C17H24BrFN4O2. The molecule has 138 valence electrons. The molecule has 3 unspecified atom stereocenters. The second-order valence-electron chi connectivity index (χ2n) is 6.42. The van der Waals surface area contributed by atoms with Gasteiger partial charge in [0.15, 0.2) is 0 Å². The minimum atomic E-state index is -0.359. The molecule has 3 atom stereocenters. The van der Waals surface area contributed by atoms with Crippen molar-refractivity contribution in [3.05, 3.63) is 35.6 Å². The molecule has 1 aliphatic rings. The Hall–Kier alpha value is -1.51. The highest BCUT2D eigenvalue weighted by Gasteiger charge is 2.39. The molecule has 1 aromatic carbocycles. The number of alkyl halides is 1. The Morgan fingerprint density at radius 2 is 1.80 bits per heavy atom. The summed E-state index contributed by atoms with van der Waals surface area (Å²) in [6.07, 6.45) is 0.182. The molecule has 2 rings (SSSR count). The van der Waals surface area contributed by atoms with Crippen molar-refractivity contribution in [1.82, 2.24) is 21.5 Å². The third-order valence-corrected chi connectivity index (χ3v) is 5.19. The molecule has 2 amide bonds. The van der Waals surface area contributed by atoms with Crippen LogP contribution in [0.25, 0.3) is 0 Å². The van der Waals surface area contributed by atoms with Crippen molar-refractivity contribution < 1.29 is 14.0 Å². The van der Waals surface area contributed by atoms with Gasteiger partial charge in [0.25, 0.3) is 0 Å². The van der Waals surface area contributed by atoms with E-state index in [-0.39, 0.29) is 41.0 Å². The predicted octanol–water partition coefficient (Wildman–Crippen LogP) is 0.865. The SMILES string of the molecule is CC(C)C1NNC(C(=O)NCCNC(=O)Cc2ccc(F)cc2)C1Br. The van der Waals surface area contributed by atoms with Gasteiger partial charge >= 0.3 is 0 Å². The zero-order chi connectivity index (χ0) is 18.4. The summed E-state index contributed by atoms with van der Waals surface area (Å²) in [6.45, 7) is 4.86. The molecule has 4 N–H and O–H groups in total. The minimum absolute atomic E-state index is 0.000525. The second kappa shape index (κ2) is 9.26. The predicted molar refractivity (Wildman–Crippen MR) is 97.5 cm³/mol. The largest absolute Gasteiger partial charge is 0.354 e. The first kappa shape index (κ1) is 19.8. The number of hydrogen-bond acceptors (Lipinski definition) is 4. The summed E-state index contributed by atoms with van der Waals surface area (Å²) in [7, 11) is 0. The molecule has 0 saturated carbocycles. The summed E-state index contributed by atoms with van der Waals surface area (Å²) in [5.41, 5.74) is 6.86. The molecule has 1 heterocycles. The number of hydrogen-bond donors (Lipinski definition) is 4. The summed E-state index contributed by atoms with van der Waals surface area (Å²) < 4.78 is 12.8. The van der Waals surface area contributed by atoms with Crippen LogP contribution in [0.15, 0.2) is 24.3 Å². The molecule has 0 spiro atoms. The summed E-state index contributed by atoms with van der Waals surface area (Å²) in [5, 5.41) is 5.54. The van der Waals surface area contributed by atoms with Gasteiger partial charge < -0.3 is 10.6 Å². The van der Waals surface area contributed by atoms with Crippen molar-refractivity contribution in [3.63, 3.8) is 0 Å². The number of hydrazine groups is 1. The first-order chi connectivity index (χ1) is 11.9.